The summed E-state index contributed by atoms with van der Waals surface area (Å²) >= 11 is 13.4. The first kappa shape index (κ1) is 13.6. The zero-order valence-electron chi connectivity index (χ0n) is 10.3. The Labute approximate surface area is 131 Å². The van der Waals surface area contributed by atoms with Crippen LogP contribution >= 0.6 is 35.0 Å². The highest BCUT2D eigenvalue weighted by molar-refractivity contribution is 7.99. The van der Waals surface area contributed by atoms with Crippen LogP contribution in [0.4, 0.5) is 0 Å². The van der Waals surface area contributed by atoms with Crippen molar-refractivity contribution < 1.29 is 0 Å². The van der Waals surface area contributed by atoms with Crippen LogP contribution in [0.1, 0.15) is 0 Å². The molecule has 0 atom stereocenters. The predicted octanol–water partition coefficient (Wildman–Crippen LogP) is 5.33. The molecule has 2 aromatic carbocycles. The van der Waals surface area contributed by atoms with Crippen molar-refractivity contribution in [1.29, 1.82) is 0 Å². The van der Waals surface area contributed by atoms with Gasteiger partial charge in [-0.1, -0.05) is 35.0 Å². The third-order valence-electron chi connectivity index (χ3n) is 2.73. The van der Waals surface area contributed by atoms with Crippen molar-refractivity contribution in [2.45, 2.75) is 10.1 Å². The lowest BCUT2D eigenvalue weighted by molar-refractivity contribution is 0.895. The molecule has 0 unspecified atom stereocenters. The van der Waals surface area contributed by atoms with E-state index in [0.717, 1.165) is 25.8 Å². The number of hydrogen-bond acceptors (Lipinski definition) is 2. The van der Waals surface area contributed by atoms with Gasteiger partial charge in [0, 0.05) is 33.0 Å². The molecule has 0 saturated carbocycles. The second kappa shape index (κ2) is 5.92. The van der Waals surface area contributed by atoms with Crippen LogP contribution in [-0.4, -0.2) is 9.55 Å². The number of imidazole rings is 1. The minimum atomic E-state index is 0.723. The van der Waals surface area contributed by atoms with Gasteiger partial charge in [-0.3, -0.25) is 4.57 Å². The molecule has 0 amide bonds. The number of benzene rings is 2. The Morgan fingerprint density at radius 2 is 1.45 bits per heavy atom. The second-order valence-electron chi connectivity index (χ2n) is 4.11. The lowest BCUT2D eigenvalue weighted by atomic mass is 10.3. The molecule has 0 bridgehead atoms. The Morgan fingerprint density at radius 1 is 0.850 bits per heavy atom. The Hall–Kier alpha value is -1.42. The van der Waals surface area contributed by atoms with Crippen LogP contribution in [0, 0.1) is 0 Å². The largest absolute Gasteiger partial charge is 0.295 e. The van der Waals surface area contributed by atoms with Crippen molar-refractivity contribution in [2.75, 3.05) is 0 Å². The van der Waals surface area contributed by atoms with Gasteiger partial charge in [0.1, 0.15) is 0 Å². The SMILES string of the molecule is Clc1ccc(Sc2nccn2-c2ccc(Cl)cc2)cc1. The molecule has 0 spiro atoms. The number of hydrogen-bond donors (Lipinski definition) is 0. The van der Waals surface area contributed by atoms with Crippen LogP contribution in [0.3, 0.4) is 0 Å². The second-order valence-corrected chi connectivity index (χ2v) is 6.03. The average molecular weight is 321 g/mol. The summed E-state index contributed by atoms with van der Waals surface area (Å²) in [5, 5.41) is 2.35. The van der Waals surface area contributed by atoms with Gasteiger partial charge in [0.05, 0.1) is 0 Å². The van der Waals surface area contributed by atoms with Crippen molar-refractivity contribution >= 4 is 35.0 Å². The summed E-state index contributed by atoms with van der Waals surface area (Å²) in [6.07, 6.45) is 3.72. The van der Waals surface area contributed by atoms with E-state index in [4.69, 9.17) is 23.2 Å². The van der Waals surface area contributed by atoms with Crippen LogP contribution in [0.2, 0.25) is 10.0 Å². The van der Waals surface area contributed by atoms with Crippen molar-refractivity contribution in [3.8, 4) is 5.69 Å². The summed E-state index contributed by atoms with van der Waals surface area (Å²) in [6.45, 7) is 0. The maximum atomic E-state index is 5.91. The summed E-state index contributed by atoms with van der Waals surface area (Å²) in [7, 11) is 0. The monoisotopic (exact) mass is 320 g/mol. The Kier molecular flexibility index (Phi) is 4.01. The van der Waals surface area contributed by atoms with Gasteiger partial charge in [0.2, 0.25) is 0 Å². The summed E-state index contributed by atoms with van der Waals surface area (Å²) < 4.78 is 2.02. The van der Waals surface area contributed by atoms with Crippen molar-refractivity contribution in [3.05, 3.63) is 71.0 Å². The van der Waals surface area contributed by atoms with Crippen LogP contribution in [0.5, 0.6) is 0 Å². The third-order valence-corrected chi connectivity index (χ3v) is 4.23. The first-order valence-corrected chi connectivity index (χ1v) is 7.52. The molecule has 0 fully saturated rings. The van der Waals surface area contributed by atoms with Crippen molar-refractivity contribution in [3.63, 3.8) is 0 Å². The Balaban J connectivity index is 1.90. The van der Waals surface area contributed by atoms with Crippen LogP contribution < -0.4 is 0 Å². The average Bonchev–Trinajstić information content (AvgIpc) is 2.90. The van der Waals surface area contributed by atoms with Gasteiger partial charge in [-0.05, 0) is 48.5 Å². The first-order valence-electron chi connectivity index (χ1n) is 5.95. The van der Waals surface area contributed by atoms with E-state index in [0.29, 0.717) is 0 Å². The fraction of sp³-hybridized carbons (Fsp3) is 0. The molecule has 0 aliphatic carbocycles. The van der Waals surface area contributed by atoms with E-state index in [9.17, 15) is 0 Å². The summed E-state index contributed by atoms with van der Waals surface area (Å²) in [4.78, 5) is 5.49. The summed E-state index contributed by atoms with van der Waals surface area (Å²) in [5.74, 6) is 0. The van der Waals surface area contributed by atoms with Crippen LogP contribution in [-0.2, 0) is 0 Å². The molecule has 3 rings (SSSR count). The fourth-order valence-electron chi connectivity index (χ4n) is 1.77. The van der Waals surface area contributed by atoms with Gasteiger partial charge in [-0.25, -0.2) is 4.98 Å². The molecular formula is C15H10Cl2N2S. The predicted molar refractivity (Wildman–Crippen MR) is 84.1 cm³/mol. The lowest BCUT2D eigenvalue weighted by Gasteiger charge is -2.07. The quantitative estimate of drug-likeness (QED) is 0.649. The molecule has 0 N–H and O–H groups in total. The molecule has 2 nitrogen and oxygen atoms in total. The van der Waals surface area contributed by atoms with E-state index in [-0.39, 0.29) is 0 Å². The van der Waals surface area contributed by atoms with E-state index < -0.39 is 0 Å². The molecule has 0 saturated heterocycles. The highest BCUT2D eigenvalue weighted by Crippen LogP contribution is 2.29. The van der Waals surface area contributed by atoms with E-state index in [2.05, 4.69) is 4.98 Å². The van der Waals surface area contributed by atoms with Crippen LogP contribution in [0.25, 0.3) is 5.69 Å². The standard InChI is InChI=1S/C15H10Cl2N2S/c16-11-1-5-13(6-2-11)19-10-9-18-15(19)20-14-7-3-12(17)4-8-14/h1-10H. The maximum absolute atomic E-state index is 5.91. The lowest BCUT2D eigenvalue weighted by Crippen LogP contribution is -1.94. The normalized spacial score (nSPS) is 10.7. The van der Waals surface area contributed by atoms with E-state index in [1.807, 2.05) is 59.3 Å². The van der Waals surface area contributed by atoms with E-state index in [1.54, 1.807) is 18.0 Å². The Bertz CT molecular complexity index is 705. The van der Waals surface area contributed by atoms with Crippen molar-refractivity contribution in [1.82, 2.24) is 9.55 Å². The zero-order valence-corrected chi connectivity index (χ0v) is 12.7. The van der Waals surface area contributed by atoms with Gasteiger partial charge in [0.25, 0.3) is 0 Å². The molecule has 1 heterocycles. The summed E-state index contributed by atoms with van der Waals surface area (Å²) in [6, 6.07) is 15.4. The number of rotatable bonds is 3. The minimum Gasteiger partial charge on any atom is -0.295 e. The number of halogens is 2. The van der Waals surface area contributed by atoms with Gasteiger partial charge < -0.3 is 0 Å². The zero-order chi connectivity index (χ0) is 13.9. The first-order chi connectivity index (χ1) is 9.72. The van der Waals surface area contributed by atoms with Crippen molar-refractivity contribution in [2.24, 2.45) is 0 Å². The molecule has 100 valence electrons. The smallest absolute Gasteiger partial charge is 0.177 e. The van der Waals surface area contributed by atoms with Crippen LogP contribution in [0.15, 0.2) is 71.0 Å². The molecule has 0 radical (unpaired) electrons. The molecule has 20 heavy (non-hydrogen) atoms. The Morgan fingerprint density at radius 3 is 2.10 bits per heavy atom. The molecular weight excluding hydrogens is 311 g/mol. The summed E-state index contributed by atoms with van der Waals surface area (Å²) in [5.41, 5.74) is 1.03. The fourth-order valence-corrected chi connectivity index (χ4v) is 2.88. The van der Waals surface area contributed by atoms with Gasteiger partial charge >= 0.3 is 0 Å². The highest BCUT2D eigenvalue weighted by Gasteiger charge is 2.07. The van der Waals surface area contributed by atoms with E-state index in [1.165, 1.54) is 0 Å². The molecule has 5 heteroatoms. The molecule has 3 aromatic rings. The van der Waals surface area contributed by atoms with E-state index >= 15 is 0 Å². The molecule has 0 aliphatic rings. The maximum Gasteiger partial charge on any atom is 0.177 e. The number of nitrogens with zero attached hydrogens (tertiary/aromatic N) is 2. The highest BCUT2D eigenvalue weighted by atomic mass is 35.5. The van der Waals surface area contributed by atoms with Gasteiger partial charge in [-0.2, -0.15) is 0 Å². The molecule has 0 aliphatic heterocycles. The topological polar surface area (TPSA) is 17.8 Å². The number of aromatic nitrogens is 2. The van der Waals surface area contributed by atoms with Gasteiger partial charge in [0.15, 0.2) is 5.16 Å². The molecule has 1 aromatic heterocycles. The van der Waals surface area contributed by atoms with Gasteiger partial charge in [-0.15, -0.1) is 0 Å². The minimum absolute atomic E-state index is 0.723. The third kappa shape index (κ3) is 3.01.